The number of benzene rings is 1. The summed E-state index contributed by atoms with van der Waals surface area (Å²) in [6.45, 7) is 6.55. The minimum absolute atomic E-state index is 0.0108. The summed E-state index contributed by atoms with van der Waals surface area (Å²) in [5.74, 6) is 0. The van der Waals surface area contributed by atoms with E-state index in [-0.39, 0.29) is 24.9 Å². The first kappa shape index (κ1) is 17.1. The number of aliphatic hydroxyl groups is 2. The molecule has 0 spiro atoms. The van der Waals surface area contributed by atoms with Crippen molar-refractivity contribution in [3.63, 3.8) is 0 Å². The zero-order chi connectivity index (χ0) is 15.0. The number of ether oxygens (including phenoxy) is 1. The fourth-order valence-corrected chi connectivity index (χ4v) is 1.85. The van der Waals surface area contributed by atoms with E-state index in [0.29, 0.717) is 6.54 Å². The van der Waals surface area contributed by atoms with Gasteiger partial charge in [-0.3, -0.25) is 0 Å². The van der Waals surface area contributed by atoms with E-state index in [2.05, 4.69) is 12.2 Å². The van der Waals surface area contributed by atoms with Gasteiger partial charge in [0.15, 0.2) is 0 Å². The third kappa shape index (κ3) is 6.01. The summed E-state index contributed by atoms with van der Waals surface area (Å²) in [4.78, 5) is 0. The second-order valence-corrected chi connectivity index (χ2v) is 5.72. The molecule has 0 fully saturated rings. The highest BCUT2D eigenvalue weighted by Gasteiger charge is 2.18. The number of hydrogen-bond donors (Lipinski definition) is 3. The molecule has 20 heavy (non-hydrogen) atoms. The topological polar surface area (TPSA) is 61.7 Å². The van der Waals surface area contributed by atoms with Gasteiger partial charge < -0.3 is 20.3 Å². The Morgan fingerprint density at radius 1 is 1.25 bits per heavy atom. The van der Waals surface area contributed by atoms with Gasteiger partial charge in [0.1, 0.15) is 0 Å². The number of aliphatic hydroxyl groups excluding tert-OH is 2. The maximum absolute atomic E-state index is 9.93. The number of hydrogen-bond acceptors (Lipinski definition) is 4. The van der Waals surface area contributed by atoms with Crippen molar-refractivity contribution in [2.24, 2.45) is 0 Å². The van der Waals surface area contributed by atoms with Crippen molar-refractivity contribution >= 4 is 0 Å². The molecule has 0 aromatic heterocycles. The van der Waals surface area contributed by atoms with Crippen LogP contribution in [0.1, 0.15) is 38.9 Å². The SMILES string of the molecule is CC[C@H](OC[C@H](O)CNC(C)(C)CO)c1ccccc1. The smallest absolute Gasteiger partial charge is 0.0898 e. The van der Waals surface area contributed by atoms with E-state index in [1.54, 1.807) is 0 Å². The Labute approximate surface area is 121 Å². The second-order valence-electron chi connectivity index (χ2n) is 5.72. The number of rotatable bonds is 9. The van der Waals surface area contributed by atoms with Crippen LogP contribution in [0.2, 0.25) is 0 Å². The van der Waals surface area contributed by atoms with Crippen LogP contribution in [-0.2, 0) is 4.74 Å². The van der Waals surface area contributed by atoms with E-state index < -0.39 is 6.10 Å². The zero-order valence-corrected chi connectivity index (χ0v) is 12.7. The molecule has 0 radical (unpaired) electrons. The first-order valence-corrected chi connectivity index (χ1v) is 7.19. The van der Waals surface area contributed by atoms with Gasteiger partial charge in [0, 0.05) is 12.1 Å². The van der Waals surface area contributed by atoms with Crippen molar-refractivity contribution in [3.05, 3.63) is 35.9 Å². The normalized spacial score (nSPS) is 15.1. The Hall–Kier alpha value is -0.940. The highest BCUT2D eigenvalue weighted by Crippen LogP contribution is 2.20. The Morgan fingerprint density at radius 3 is 2.45 bits per heavy atom. The lowest BCUT2D eigenvalue weighted by molar-refractivity contribution is -0.0142. The first-order chi connectivity index (χ1) is 9.48. The van der Waals surface area contributed by atoms with E-state index in [1.807, 2.05) is 44.2 Å². The lowest BCUT2D eigenvalue weighted by atomic mass is 10.1. The molecule has 0 saturated heterocycles. The van der Waals surface area contributed by atoms with Crippen LogP contribution in [0.4, 0.5) is 0 Å². The van der Waals surface area contributed by atoms with Gasteiger partial charge in [0.05, 0.1) is 25.4 Å². The van der Waals surface area contributed by atoms with Gasteiger partial charge in [-0.15, -0.1) is 0 Å². The molecule has 0 saturated carbocycles. The van der Waals surface area contributed by atoms with Crippen LogP contribution in [-0.4, -0.2) is 41.6 Å². The minimum Gasteiger partial charge on any atom is -0.394 e. The van der Waals surface area contributed by atoms with Crippen LogP contribution >= 0.6 is 0 Å². The summed E-state index contributed by atoms with van der Waals surface area (Å²) in [6.07, 6.45) is 0.294. The fourth-order valence-electron chi connectivity index (χ4n) is 1.85. The monoisotopic (exact) mass is 281 g/mol. The van der Waals surface area contributed by atoms with Crippen LogP contribution in [0.3, 0.4) is 0 Å². The largest absolute Gasteiger partial charge is 0.394 e. The van der Waals surface area contributed by atoms with Crippen LogP contribution in [0.15, 0.2) is 30.3 Å². The van der Waals surface area contributed by atoms with Crippen LogP contribution in [0.5, 0.6) is 0 Å². The molecule has 0 heterocycles. The van der Waals surface area contributed by atoms with Gasteiger partial charge in [-0.1, -0.05) is 37.3 Å². The molecule has 2 atom stereocenters. The Balaban J connectivity index is 2.37. The Bertz CT molecular complexity index is 367. The molecule has 1 aromatic rings. The van der Waals surface area contributed by atoms with Crippen molar-refractivity contribution in [2.45, 2.75) is 44.9 Å². The standard InChI is InChI=1S/C16H27NO3/c1-4-15(13-8-6-5-7-9-13)20-11-14(19)10-17-16(2,3)12-18/h5-9,14-15,17-19H,4,10-12H2,1-3H3/t14-,15+/m1/s1. The molecule has 114 valence electrons. The maximum Gasteiger partial charge on any atom is 0.0898 e. The average molecular weight is 281 g/mol. The highest BCUT2D eigenvalue weighted by molar-refractivity contribution is 5.17. The second kappa shape index (κ2) is 8.37. The van der Waals surface area contributed by atoms with Crippen LogP contribution in [0, 0.1) is 0 Å². The van der Waals surface area contributed by atoms with Gasteiger partial charge in [-0.2, -0.15) is 0 Å². The molecule has 3 N–H and O–H groups in total. The summed E-state index contributed by atoms with van der Waals surface area (Å²) in [7, 11) is 0. The first-order valence-electron chi connectivity index (χ1n) is 7.19. The van der Waals surface area contributed by atoms with Gasteiger partial charge in [-0.25, -0.2) is 0 Å². The summed E-state index contributed by atoms with van der Waals surface area (Å²) < 4.78 is 5.79. The summed E-state index contributed by atoms with van der Waals surface area (Å²) in [5, 5.41) is 22.2. The van der Waals surface area contributed by atoms with E-state index in [1.165, 1.54) is 0 Å². The summed E-state index contributed by atoms with van der Waals surface area (Å²) in [5.41, 5.74) is 0.746. The Kier molecular flexibility index (Phi) is 7.16. The molecular weight excluding hydrogens is 254 g/mol. The predicted octanol–water partition coefficient (Wildman–Crippen LogP) is 1.88. The lowest BCUT2D eigenvalue weighted by Crippen LogP contribution is -2.47. The molecule has 0 unspecified atom stereocenters. The van der Waals surface area contributed by atoms with E-state index in [9.17, 15) is 5.11 Å². The van der Waals surface area contributed by atoms with Crippen molar-refractivity contribution in [1.82, 2.24) is 5.32 Å². The molecule has 4 nitrogen and oxygen atoms in total. The lowest BCUT2D eigenvalue weighted by Gasteiger charge is -2.26. The third-order valence-electron chi connectivity index (χ3n) is 3.24. The molecule has 1 rings (SSSR count). The van der Waals surface area contributed by atoms with Crippen molar-refractivity contribution < 1.29 is 14.9 Å². The third-order valence-corrected chi connectivity index (χ3v) is 3.24. The maximum atomic E-state index is 9.93. The van der Waals surface area contributed by atoms with Gasteiger partial charge in [0.25, 0.3) is 0 Å². The zero-order valence-electron chi connectivity index (χ0n) is 12.7. The van der Waals surface area contributed by atoms with Crippen molar-refractivity contribution in [2.75, 3.05) is 19.8 Å². The molecule has 0 aliphatic carbocycles. The molecule has 0 aliphatic heterocycles. The highest BCUT2D eigenvalue weighted by atomic mass is 16.5. The Morgan fingerprint density at radius 2 is 1.90 bits per heavy atom. The average Bonchev–Trinajstić information content (AvgIpc) is 2.47. The van der Waals surface area contributed by atoms with Gasteiger partial charge in [-0.05, 0) is 25.8 Å². The number of nitrogens with one attached hydrogen (secondary N) is 1. The molecule has 0 bridgehead atoms. The van der Waals surface area contributed by atoms with Crippen LogP contribution < -0.4 is 5.32 Å². The van der Waals surface area contributed by atoms with Gasteiger partial charge in [0.2, 0.25) is 0 Å². The quantitative estimate of drug-likeness (QED) is 0.647. The minimum atomic E-state index is -0.585. The van der Waals surface area contributed by atoms with Gasteiger partial charge >= 0.3 is 0 Å². The summed E-state index contributed by atoms with van der Waals surface area (Å²) >= 11 is 0. The molecule has 1 aromatic carbocycles. The fraction of sp³-hybridized carbons (Fsp3) is 0.625. The molecule has 0 aliphatic rings. The molecular formula is C16H27NO3. The predicted molar refractivity (Wildman–Crippen MR) is 80.6 cm³/mol. The van der Waals surface area contributed by atoms with E-state index in [4.69, 9.17) is 9.84 Å². The van der Waals surface area contributed by atoms with Crippen molar-refractivity contribution in [3.8, 4) is 0 Å². The molecule has 4 heteroatoms. The van der Waals surface area contributed by atoms with E-state index >= 15 is 0 Å². The van der Waals surface area contributed by atoms with Crippen LogP contribution in [0.25, 0.3) is 0 Å². The molecule has 0 amide bonds. The van der Waals surface area contributed by atoms with Crippen molar-refractivity contribution in [1.29, 1.82) is 0 Å². The van der Waals surface area contributed by atoms with E-state index in [0.717, 1.165) is 12.0 Å². The summed E-state index contributed by atoms with van der Waals surface area (Å²) in [6, 6.07) is 10.0. The number of β-amino-alcohol motifs (C(OH)–C–C–N with tert-alkyl or cyclic N) is 1.